The summed E-state index contributed by atoms with van der Waals surface area (Å²) in [6, 6.07) is 31.6. The molecule has 9 nitrogen and oxygen atoms in total. The summed E-state index contributed by atoms with van der Waals surface area (Å²) in [5.41, 5.74) is 3.02. The molecule has 50 heavy (non-hydrogen) atoms. The van der Waals surface area contributed by atoms with E-state index in [1.807, 2.05) is 91.0 Å². The van der Waals surface area contributed by atoms with Crippen molar-refractivity contribution < 1.29 is 43.9 Å². The van der Waals surface area contributed by atoms with Crippen molar-refractivity contribution in [1.29, 1.82) is 0 Å². The van der Waals surface area contributed by atoms with Gasteiger partial charge in [-0.2, -0.15) is 0 Å². The van der Waals surface area contributed by atoms with Gasteiger partial charge in [0.15, 0.2) is 14.1 Å². The molecule has 268 valence electrons. The van der Waals surface area contributed by atoms with Gasteiger partial charge in [-0.1, -0.05) is 112 Å². The molecule has 0 fully saturated rings. The zero-order valence-electron chi connectivity index (χ0n) is 29.5. The highest BCUT2D eigenvalue weighted by Gasteiger charge is 2.39. The lowest BCUT2D eigenvalue weighted by Gasteiger charge is -2.36. The Kier molecular flexibility index (Phi) is 13.9. The number of aliphatic hydroxyl groups is 4. The van der Waals surface area contributed by atoms with E-state index in [1.165, 1.54) is 0 Å². The standard InChI is InChI=1S/C40H50O9Si/c1-40(2,3)50(4,5)49-26-31-21-32(47-24-29-17-11-7-12-18-29)22-34(48-25-30-19-13-8-14-20-30)35(31)37(43)39(45)38(44)36(42)33(41)27-46-23-28-15-9-6-10-16-28/h6-22,33,36,38-39,41-42,44-45H,23-27H2,1-5H3/t33-,36+,38+,39+/m1/s1. The molecule has 0 bridgehead atoms. The minimum atomic E-state index is -2.33. The third kappa shape index (κ3) is 10.8. The van der Waals surface area contributed by atoms with Crippen molar-refractivity contribution in [1.82, 2.24) is 0 Å². The first-order valence-corrected chi connectivity index (χ1v) is 19.7. The third-order valence-electron chi connectivity index (χ3n) is 9.02. The summed E-state index contributed by atoms with van der Waals surface area (Å²) in [6.45, 7) is 10.7. The van der Waals surface area contributed by atoms with Crippen molar-refractivity contribution in [3.63, 3.8) is 0 Å². The lowest BCUT2D eigenvalue weighted by atomic mass is 9.93. The number of aliphatic hydroxyl groups excluding tert-OH is 4. The van der Waals surface area contributed by atoms with Crippen LogP contribution in [0.2, 0.25) is 18.1 Å². The minimum absolute atomic E-state index is 0.00309. The second kappa shape index (κ2) is 17.9. The van der Waals surface area contributed by atoms with Crippen LogP contribution in [0.3, 0.4) is 0 Å². The molecular weight excluding hydrogens is 653 g/mol. The molecular formula is C40H50O9Si. The Morgan fingerprint density at radius 2 is 1.18 bits per heavy atom. The molecule has 0 amide bonds. The first kappa shape index (κ1) is 38.9. The van der Waals surface area contributed by atoms with E-state index >= 15 is 0 Å². The van der Waals surface area contributed by atoms with Crippen LogP contribution in [0.5, 0.6) is 11.5 Å². The summed E-state index contributed by atoms with van der Waals surface area (Å²) in [5, 5.41) is 43.5. The quantitative estimate of drug-likeness (QED) is 0.0705. The van der Waals surface area contributed by atoms with Crippen LogP contribution >= 0.6 is 0 Å². The molecule has 0 aromatic heterocycles. The summed E-state index contributed by atoms with van der Waals surface area (Å²) in [6.07, 6.45) is -7.63. The Morgan fingerprint density at radius 1 is 0.680 bits per heavy atom. The predicted octanol–water partition coefficient (Wildman–Crippen LogP) is 6.21. The second-order valence-corrected chi connectivity index (χ2v) is 18.7. The first-order valence-electron chi connectivity index (χ1n) is 16.8. The van der Waals surface area contributed by atoms with Crippen molar-refractivity contribution in [3.8, 4) is 11.5 Å². The van der Waals surface area contributed by atoms with Gasteiger partial charge < -0.3 is 39.1 Å². The Balaban J connectivity index is 1.64. The van der Waals surface area contributed by atoms with E-state index in [0.29, 0.717) is 11.3 Å². The molecule has 4 aromatic carbocycles. The number of carbonyl (C=O) groups excluding carboxylic acids is 1. The molecule has 0 aliphatic heterocycles. The molecule has 0 unspecified atom stereocenters. The van der Waals surface area contributed by atoms with Crippen LogP contribution < -0.4 is 9.47 Å². The lowest BCUT2D eigenvalue weighted by molar-refractivity contribution is -0.114. The summed E-state index contributed by atoms with van der Waals surface area (Å²) in [5.74, 6) is -0.366. The molecule has 0 aliphatic carbocycles. The summed E-state index contributed by atoms with van der Waals surface area (Å²) in [4.78, 5) is 14.2. The molecule has 4 aromatic rings. The van der Waals surface area contributed by atoms with E-state index in [0.717, 1.165) is 16.7 Å². The number of carbonyl (C=O) groups is 1. The predicted molar refractivity (Wildman–Crippen MR) is 194 cm³/mol. The zero-order valence-corrected chi connectivity index (χ0v) is 30.5. The number of ketones is 1. The van der Waals surface area contributed by atoms with Crippen LogP contribution in [0, 0.1) is 0 Å². The average molecular weight is 703 g/mol. The second-order valence-electron chi connectivity index (χ2n) is 13.9. The third-order valence-corrected chi connectivity index (χ3v) is 13.5. The molecule has 10 heteroatoms. The summed E-state index contributed by atoms with van der Waals surface area (Å²) >= 11 is 0. The Bertz CT molecular complexity index is 1630. The van der Waals surface area contributed by atoms with Gasteiger partial charge in [0, 0.05) is 6.07 Å². The van der Waals surface area contributed by atoms with E-state index in [-0.39, 0.29) is 49.4 Å². The van der Waals surface area contributed by atoms with Gasteiger partial charge in [-0.25, -0.2) is 0 Å². The van der Waals surface area contributed by atoms with Crippen molar-refractivity contribution in [3.05, 3.63) is 131 Å². The van der Waals surface area contributed by atoms with Gasteiger partial charge >= 0.3 is 0 Å². The van der Waals surface area contributed by atoms with Crippen LogP contribution in [-0.2, 0) is 35.6 Å². The van der Waals surface area contributed by atoms with E-state index in [2.05, 4.69) is 33.9 Å². The van der Waals surface area contributed by atoms with Crippen LogP contribution in [0.4, 0.5) is 0 Å². The number of Topliss-reactive ketones (excluding diaryl/α,β-unsaturated/α-hetero) is 1. The smallest absolute Gasteiger partial charge is 0.198 e. The number of hydrogen-bond acceptors (Lipinski definition) is 9. The van der Waals surface area contributed by atoms with Gasteiger partial charge in [0.1, 0.15) is 49.1 Å². The maximum atomic E-state index is 14.2. The number of benzene rings is 4. The van der Waals surface area contributed by atoms with Crippen LogP contribution in [0.15, 0.2) is 103 Å². The Morgan fingerprint density at radius 3 is 1.70 bits per heavy atom. The SMILES string of the molecule is CC(C)(C)[Si](C)(C)OCc1cc(OCc2ccccc2)cc(OCc2ccccc2)c1C(=O)[C@H](O)[C@@H](O)[C@@H](O)[C@H](O)COCc1ccccc1. The van der Waals surface area contributed by atoms with Gasteiger partial charge in [-0.3, -0.25) is 4.79 Å². The highest BCUT2D eigenvalue weighted by molar-refractivity contribution is 6.74. The molecule has 0 radical (unpaired) electrons. The molecule has 4 atom stereocenters. The molecule has 4 rings (SSSR count). The number of rotatable bonds is 18. The molecule has 0 aliphatic rings. The van der Waals surface area contributed by atoms with Crippen molar-refractivity contribution in [2.45, 2.75) is 89.7 Å². The van der Waals surface area contributed by atoms with Crippen LogP contribution in [0.1, 0.15) is 53.4 Å². The topological polar surface area (TPSA) is 135 Å². The van der Waals surface area contributed by atoms with Crippen LogP contribution in [-0.4, -0.2) is 65.5 Å². The highest BCUT2D eigenvalue weighted by Crippen LogP contribution is 2.39. The summed E-state index contributed by atoms with van der Waals surface area (Å²) < 4.78 is 24.5. The highest BCUT2D eigenvalue weighted by atomic mass is 28.4. The Hall–Kier alpha value is -3.87. The van der Waals surface area contributed by atoms with Crippen LogP contribution in [0.25, 0.3) is 0 Å². The van der Waals surface area contributed by atoms with Crippen molar-refractivity contribution in [2.24, 2.45) is 0 Å². The van der Waals surface area contributed by atoms with Gasteiger partial charge in [0.05, 0.1) is 25.4 Å². The fraction of sp³-hybridized carbons (Fsp3) is 0.375. The minimum Gasteiger partial charge on any atom is -0.489 e. The maximum absolute atomic E-state index is 14.2. The van der Waals surface area contributed by atoms with E-state index in [4.69, 9.17) is 18.6 Å². The maximum Gasteiger partial charge on any atom is 0.198 e. The van der Waals surface area contributed by atoms with Gasteiger partial charge in [-0.15, -0.1) is 0 Å². The zero-order chi connectivity index (χ0) is 36.3. The van der Waals surface area contributed by atoms with Crippen molar-refractivity contribution in [2.75, 3.05) is 6.61 Å². The van der Waals surface area contributed by atoms with E-state index < -0.39 is 38.5 Å². The van der Waals surface area contributed by atoms with Gasteiger partial charge in [0.25, 0.3) is 0 Å². The molecule has 0 saturated carbocycles. The fourth-order valence-electron chi connectivity index (χ4n) is 4.87. The largest absolute Gasteiger partial charge is 0.489 e. The molecule has 0 saturated heterocycles. The average Bonchev–Trinajstić information content (AvgIpc) is 3.11. The molecule has 0 spiro atoms. The van der Waals surface area contributed by atoms with Gasteiger partial charge in [-0.05, 0) is 46.5 Å². The monoisotopic (exact) mass is 702 g/mol. The summed E-state index contributed by atoms with van der Waals surface area (Å²) in [7, 11) is -2.33. The number of ether oxygens (including phenoxy) is 3. The first-order chi connectivity index (χ1) is 23.8. The van der Waals surface area contributed by atoms with E-state index in [9.17, 15) is 25.2 Å². The fourth-order valence-corrected chi connectivity index (χ4v) is 5.82. The number of hydrogen-bond donors (Lipinski definition) is 4. The van der Waals surface area contributed by atoms with E-state index in [1.54, 1.807) is 12.1 Å². The Labute approximate surface area is 296 Å². The lowest BCUT2D eigenvalue weighted by Crippen LogP contribution is -2.49. The molecule has 0 heterocycles. The normalized spacial score (nSPS) is 14.4. The molecule has 4 N–H and O–H groups in total. The van der Waals surface area contributed by atoms with Gasteiger partial charge in [0.2, 0.25) is 0 Å². The van der Waals surface area contributed by atoms with Crippen molar-refractivity contribution >= 4 is 14.1 Å².